The van der Waals surface area contributed by atoms with Gasteiger partial charge in [-0.1, -0.05) is 24.3 Å². The van der Waals surface area contributed by atoms with E-state index in [1.165, 1.54) is 0 Å². The zero-order valence-corrected chi connectivity index (χ0v) is 21.3. The minimum Gasteiger partial charge on any atom is -0.500 e. The molecule has 0 unspecified atom stereocenters. The lowest BCUT2D eigenvalue weighted by molar-refractivity contribution is -0.117. The predicted octanol–water partition coefficient (Wildman–Crippen LogP) is 6.91. The molecule has 2 aromatic heterocycles. The molecule has 0 aliphatic carbocycles. The van der Waals surface area contributed by atoms with Crippen molar-refractivity contribution in [3.8, 4) is 23.0 Å². The molecule has 5 rings (SSSR count). The SMILES string of the molecule is [C-]#[N+]c1cc2c(Oc3ccc(CC(=O)Cc4ccc(OC)cc4)cc3)ccnc2cc1OCc1ccncc1. The molecule has 0 bridgehead atoms. The van der Waals surface area contributed by atoms with Crippen molar-refractivity contribution in [1.82, 2.24) is 9.97 Å². The monoisotopic (exact) mass is 515 g/mol. The number of hydrogen-bond donors (Lipinski definition) is 0. The average Bonchev–Trinajstić information content (AvgIpc) is 2.97. The van der Waals surface area contributed by atoms with Crippen LogP contribution in [0.1, 0.15) is 16.7 Å². The van der Waals surface area contributed by atoms with Gasteiger partial charge in [0.05, 0.1) is 19.2 Å². The predicted molar refractivity (Wildman–Crippen MR) is 148 cm³/mol. The summed E-state index contributed by atoms with van der Waals surface area (Å²) < 4.78 is 17.2. The van der Waals surface area contributed by atoms with Gasteiger partial charge in [-0.25, -0.2) is 4.85 Å². The Morgan fingerprint density at radius 2 is 1.46 bits per heavy atom. The molecule has 0 atom stereocenters. The van der Waals surface area contributed by atoms with Gasteiger partial charge in [0.15, 0.2) is 0 Å². The van der Waals surface area contributed by atoms with E-state index in [4.69, 9.17) is 20.8 Å². The molecule has 2 heterocycles. The molecular weight excluding hydrogens is 490 g/mol. The molecule has 0 fully saturated rings. The highest BCUT2D eigenvalue weighted by atomic mass is 16.5. The van der Waals surface area contributed by atoms with Crippen molar-refractivity contribution >= 4 is 22.4 Å². The van der Waals surface area contributed by atoms with Gasteiger partial charge in [-0.15, -0.1) is 0 Å². The maximum absolute atomic E-state index is 12.6. The van der Waals surface area contributed by atoms with E-state index >= 15 is 0 Å². The van der Waals surface area contributed by atoms with Gasteiger partial charge >= 0.3 is 0 Å². The van der Waals surface area contributed by atoms with Crippen molar-refractivity contribution in [3.05, 3.63) is 126 Å². The summed E-state index contributed by atoms with van der Waals surface area (Å²) in [4.78, 5) is 24.7. The van der Waals surface area contributed by atoms with Crippen LogP contribution in [0.4, 0.5) is 5.69 Å². The second-order valence-corrected chi connectivity index (χ2v) is 8.89. The lowest BCUT2D eigenvalue weighted by atomic mass is 10.0. The molecule has 0 saturated carbocycles. The molecule has 5 aromatic rings. The Kier molecular flexibility index (Phi) is 7.75. The summed E-state index contributed by atoms with van der Waals surface area (Å²) in [5.41, 5.74) is 3.85. The highest BCUT2D eigenvalue weighted by molar-refractivity contribution is 5.91. The van der Waals surface area contributed by atoms with Crippen LogP contribution in [0.15, 0.2) is 97.5 Å². The largest absolute Gasteiger partial charge is 0.500 e. The first-order valence-corrected chi connectivity index (χ1v) is 12.3. The molecule has 0 radical (unpaired) electrons. The first-order chi connectivity index (χ1) is 19.1. The van der Waals surface area contributed by atoms with Gasteiger partial charge in [0, 0.05) is 36.8 Å². The number of ether oxygens (including phenoxy) is 3. The maximum Gasteiger partial charge on any atom is 0.229 e. The zero-order valence-electron chi connectivity index (χ0n) is 21.3. The normalized spacial score (nSPS) is 10.6. The summed E-state index contributed by atoms with van der Waals surface area (Å²) in [5.74, 6) is 2.55. The van der Waals surface area contributed by atoms with E-state index < -0.39 is 0 Å². The van der Waals surface area contributed by atoms with Crippen LogP contribution < -0.4 is 14.2 Å². The third kappa shape index (κ3) is 6.38. The van der Waals surface area contributed by atoms with Crippen molar-refractivity contribution in [2.24, 2.45) is 0 Å². The van der Waals surface area contributed by atoms with Crippen LogP contribution in [-0.2, 0) is 24.2 Å². The number of carbonyl (C=O) groups excluding carboxylic acids is 1. The molecular formula is C32H25N3O4. The number of methoxy groups -OCH3 is 1. The second-order valence-electron chi connectivity index (χ2n) is 8.89. The second kappa shape index (κ2) is 11.9. The molecule has 0 amide bonds. The van der Waals surface area contributed by atoms with Gasteiger partial charge < -0.3 is 14.2 Å². The fraction of sp³-hybridized carbons (Fsp3) is 0.125. The first kappa shape index (κ1) is 25.4. The number of carbonyl (C=O) groups is 1. The van der Waals surface area contributed by atoms with Gasteiger partial charge in [-0.05, 0) is 71.3 Å². The minimum atomic E-state index is 0.127. The number of benzene rings is 3. The smallest absolute Gasteiger partial charge is 0.229 e. The Balaban J connectivity index is 1.27. The van der Waals surface area contributed by atoms with E-state index in [9.17, 15) is 4.79 Å². The summed E-state index contributed by atoms with van der Waals surface area (Å²) in [6.45, 7) is 7.96. The van der Waals surface area contributed by atoms with Crippen LogP contribution in [0.5, 0.6) is 23.0 Å². The molecule has 0 spiro atoms. The molecule has 0 N–H and O–H groups in total. The summed E-state index contributed by atoms with van der Waals surface area (Å²) in [6.07, 6.45) is 5.76. The van der Waals surface area contributed by atoms with Crippen LogP contribution in [-0.4, -0.2) is 22.9 Å². The molecule has 0 aliphatic heterocycles. The third-order valence-corrected chi connectivity index (χ3v) is 6.16. The Morgan fingerprint density at radius 3 is 2.10 bits per heavy atom. The Morgan fingerprint density at radius 1 is 0.795 bits per heavy atom. The van der Waals surface area contributed by atoms with Gasteiger partial charge in [-0.3, -0.25) is 14.8 Å². The first-order valence-electron chi connectivity index (χ1n) is 12.3. The quantitative estimate of drug-likeness (QED) is 0.188. The summed E-state index contributed by atoms with van der Waals surface area (Å²) in [6, 6.07) is 24.0. The van der Waals surface area contributed by atoms with E-state index in [1.807, 2.05) is 60.7 Å². The van der Waals surface area contributed by atoms with Crippen molar-refractivity contribution in [3.63, 3.8) is 0 Å². The molecule has 7 heteroatoms. The number of aromatic nitrogens is 2. The van der Waals surface area contributed by atoms with Crippen LogP contribution in [0.2, 0.25) is 0 Å². The van der Waals surface area contributed by atoms with Crippen LogP contribution >= 0.6 is 0 Å². The summed E-state index contributed by atoms with van der Waals surface area (Å²) >= 11 is 0. The van der Waals surface area contributed by atoms with E-state index in [0.29, 0.717) is 53.3 Å². The number of pyridine rings is 2. The highest BCUT2D eigenvalue weighted by Gasteiger charge is 2.13. The third-order valence-electron chi connectivity index (χ3n) is 6.16. The molecule has 0 aliphatic rings. The molecule has 0 saturated heterocycles. The number of nitrogens with zero attached hydrogens (tertiary/aromatic N) is 3. The highest BCUT2D eigenvalue weighted by Crippen LogP contribution is 2.37. The number of rotatable bonds is 10. The number of fused-ring (bicyclic) bond motifs is 1. The molecule has 7 nitrogen and oxygen atoms in total. The van der Waals surface area contributed by atoms with Crippen LogP contribution in [0, 0.1) is 6.57 Å². The Bertz CT molecular complexity index is 1630. The van der Waals surface area contributed by atoms with E-state index in [1.54, 1.807) is 43.9 Å². The molecule has 192 valence electrons. The number of hydrogen-bond acceptors (Lipinski definition) is 6. The maximum atomic E-state index is 12.6. The van der Waals surface area contributed by atoms with Gasteiger partial charge in [0.2, 0.25) is 5.69 Å². The average molecular weight is 516 g/mol. The molecule has 3 aromatic carbocycles. The fourth-order valence-corrected chi connectivity index (χ4v) is 4.13. The Labute approximate surface area is 226 Å². The van der Waals surface area contributed by atoms with E-state index in [-0.39, 0.29) is 5.78 Å². The summed E-state index contributed by atoms with van der Waals surface area (Å²) in [7, 11) is 1.62. The van der Waals surface area contributed by atoms with Gasteiger partial charge in [-0.2, -0.15) is 0 Å². The lowest BCUT2D eigenvalue weighted by Gasteiger charge is -2.12. The van der Waals surface area contributed by atoms with Crippen molar-refractivity contribution in [2.75, 3.05) is 7.11 Å². The molecule has 39 heavy (non-hydrogen) atoms. The van der Waals surface area contributed by atoms with Crippen molar-refractivity contribution in [1.29, 1.82) is 0 Å². The lowest BCUT2D eigenvalue weighted by Crippen LogP contribution is -2.06. The zero-order chi connectivity index (χ0) is 27.0. The standard InChI is InChI=1S/C32H25N3O4/c1-33-30-19-28-29(20-32(30)38-21-24-11-14-34-15-12-24)35-16-13-31(28)39-27-9-5-23(6-10-27)18-25(36)17-22-3-7-26(37-2)8-4-22/h3-16,19-20H,17-18,21H2,2H3. The van der Waals surface area contributed by atoms with Crippen LogP contribution in [0.25, 0.3) is 15.7 Å². The number of Topliss-reactive ketones (excluding diaryl/α,β-unsaturated/α-hetero) is 1. The summed E-state index contributed by atoms with van der Waals surface area (Å²) in [5, 5.41) is 0.707. The van der Waals surface area contributed by atoms with E-state index in [0.717, 1.165) is 22.4 Å². The minimum absolute atomic E-state index is 0.127. The van der Waals surface area contributed by atoms with Crippen molar-refractivity contribution < 1.29 is 19.0 Å². The van der Waals surface area contributed by atoms with Crippen LogP contribution in [0.3, 0.4) is 0 Å². The van der Waals surface area contributed by atoms with E-state index in [2.05, 4.69) is 14.8 Å². The Hall–Kier alpha value is -5.22. The number of ketones is 1. The van der Waals surface area contributed by atoms with Gasteiger partial charge in [0.1, 0.15) is 35.4 Å². The van der Waals surface area contributed by atoms with Gasteiger partial charge in [0.25, 0.3) is 0 Å². The topological polar surface area (TPSA) is 74.9 Å². The fourth-order valence-electron chi connectivity index (χ4n) is 4.13. The van der Waals surface area contributed by atoms with Crippen molar-refractivity contribution in [2.45, 2.75) is 19.4 Å².